The standard InChI is InChI=1S/C10H20N2O3S/c1-2-8(6-11)16(13,14)12-9-5-7-3-4-10(9)15-7/h7-10,12H,2-6,11H2,1H3. The van der Waals surface area contributed by atoms with E-state index in [2.05, 4.69) is 4.72 Å². The van der Waals surface area contributed by atoms with Crippen LogP contribution < -0.4 is 10.5 Å². The molecule has 2 saturated heterocycles. The molecule has 2 aliphatic rings. The number of sulfonamides is 1. The van der Waals surface area contributed by atoms with Crippen LogP contribution in [0.25, 0.3) is 0 Å². The van der Waals surface area contributed by atoms with Crippen molar-refractivity contribution in [2.24, 2.45) is 5.73 Å². The number of ether oxygens (including phenoxy) is 1. The summed E-state index contributed by atoms with van der Waals surface area (Å²) in [6, 6.07) is -0.0376. The Morgan fingerprint density at radius 3 is 2.69 bits per heavy atom. The van der Waals surface area contributed by atoms with E-state index in [-0.39, 0.29) is 24.8 Å². The van der Waals surface area contributed by atoms with Crippen molar-refractivity contribution in [1.82, 2.24) is 4.72 Å². The van der Waals surface area contributed by atoms with Crippen LogP contribution in [0.5, 0.6) is 0 Å². The highest BCUT2D eigenvalue weighted by Gasteiger charge is 2.43. The zero-order chi connectivity index (χ0) is 11.8. The van der Waals surface area contributed by atoms with Crippen molar-refractivity contribution in [2.45, 2.75) is 56.1 Å². The maximum Gasteiger partial charge on any atom is 0.216 e. The fourth-order valence-electron chi connectivity index (χ4n) is 2.58. The predicted molar refractivity (Wildman–Crippen MR) is 61.5 cm³/mol. The van der Waals surface area contributed by atoms with Gasteiger partial charge in [-0.3, -0.25) is 0 Å². The number of nitrogens with one attached hydrogen (secondary N) is 1. The van der Waals surface area contributed by atoms with E-state index in [1.54, 1.807) is 0 Å². The van der Waals surface area contributed by atoms with E-state index in [0.29, 0.717) is 6.42 Å². The summed E-state index contributed by atoms with van der Waals surface area (Å²) in [6.45, 7) is 2.02. The largest absolute Gasteiger partial charge is 0.373 e. The Bertz CT molecular complexity index is 340. The van der Waals surface area contributed by atoms with Gasteiger partial charge in [-0.2, -0.15) is 0 Å². The lowest BCUT2D eigenvalue weighted by molar-refractivity contribution is 0.0995. The molecule has 0 amide bonds. The molecule has 0 aliphatic carbocycles. The Balaban J connectivity index is 1.99. The molecule has 2 aliphatic heterocycles. The highest BCUT2D eigenvalue weighted by molar-refractivity contribution is 7.90. The third-order valence-corrected chi connectivity index (χ3v) is 5.61. The molecule has 2 rings (SSSR count). The van der Waals surface area contributed by atoms with Crippen LogP contribution in [0, 0.1) is 0 Å². The Kier molecular flexibility index (Phi) is 3.53. The molecule has 5 nitrogen and oxygen atoms in total. The molecule has 0 aromatic carbocycles. The lowest BCUT2D eigenvalue weighted by Crippen LogP contribution is -2.47. The van der Waals surface area contributed by atoms with Gasteiger partial charge in [-0.1, -0.05) is 6.92 Å². The van der Waals surface area contributed by atoms with E-state index in [4.69, 9.17) is 10.5 Å². The van der Waals surface area contributed by atoms with Gasteiger partial charge in [0.05, 0.1) is 23.5 Å². The van der Waals surface area contributed by atoms with Crippen molar-refractivity contribution in [3.63, 3.8) is 0 Å². The van der Waals surface area contributed by atoms with Gasteiger partial charge in [0, 0.05) is 6.54 Å². The van der Waals surface area contributed by atoms with Gasteiger partial charge in [-0.25, -0.2) is 13.1 Å². The molecule has 0 spiro atoms. The zero-order valence-corrected chi connectivity index (χ0v) is 10.4. The number of hydrogen-bond acceptors (Lipinski definition) is 4. The molecule has 6 heteroatoms. The normalized spacial score (nSPS) is 35.5. The summed E-state index contributed by atoms with van der Waals surface area (Å²) in [7, 11) is -3.28. The first-order valence-corrected chi connectivity index (χ1v) is 7.48. The van der Waals surface area contributed by atoms with Crippen molar-refractivity contribution in [3.05, 3.63) is 0 Å². The van der Waals surface area contributed by atoms with Crippen LogP contribution in [0.4, 0.5) is 0 Å². The van der Waals surface area contributed by atoms with Gasteiger partial charge in [0.2, 0.25) is 10.0 Å². The lowest BCUT2D eigenvalue weighted by atomic mass is 9.96. The number of rotatable bonds is 5. The van der Waals surface area contributed by atoms with E-state index in [9.17, 15) is 8.42 Å². The van der Waals surface area contributed by atoms with Crippen molar-refractivity contribution in [2.75, 3.05) is 6.54 Å². The second kappa shape index (κ2) is 4.60. The predicted octanol–water partition coefficient (Wildman–Crippen LogP) is -0.0370. The molecular weight excluding hydrogens is 228 g/mol. The van der Waals surface area contributed by atoms with Crippen molar-refractivity contribution in [1.29, 1.82) is 0 Å². The van der Waals surface area contributed by atoms with E-state index >= 15 is 0 Å². The van der Waals surface area contributed by atoms with Crippen LogP contribution in [0.2, 0.25) is 0 Å². The average molecular weight is 248 g/mol. The second-order valence-electron chi connectivity index (χ2n) is 4.64. The Labute approximate surface area is 96.8 Å². The van der Waals surface area contributed by atoms with E-state index in [1.165, 1.54) is 0 Å². The minimum Gasteiger partial charge on any atom is -0.373 e. The quantitative estimate of drug-likeness (QED) is 0.715. The topological polar surface area (TPSA) is 81.4 Å². The molecule has 3 N–H and O–H groups in total. The van der Waals surface area contributed by atoms with E-state index in [1.807, 2.05) is 6.92 Å². The molecule has 4 unspecified atom stereocenters. The van der Waals surface area contributed by atoms with Gasteiger partial charge in [0.1, 0.15) is 0 Å². The first-order valence-electron chi connectivity index (χ1n) is 5.93. The van der Waals surface area contributed by atoms with Gasteiger partial charge in [-0.05, 0) is 25.7 Å². The van der Waals surface area contributed by atoms with Crippen LogP contribution in [0.3, 0.4) is 0 Å². The van der Waals surface area contributed by atoms with E-state index in [0.717, 1.165) is 19.3 Å². The second-order valence-corrected chi connectivity index (χ2v) is 6.64. The monoisotopic (exact) mass is 248 g/mol. The number of hydrogen-bond donors (Lipinski definition) is 2. The third kappa shape index (κ3) is 2.25. The van der Waals surface area contributed by atoms with Crippen LogP contribution in [-0.4, -0.2) is 38.5 Å². The Morgan fingerprint density at radius 2 is 2.25 bits per heavy atom. The van der Waals surface area contributed by atoms with E-state index < -0.39 is 15.3 Å². The summed E-state index contributed by atoms with van der Waals surface area (Å²) in [6.07, 6.45) is 3.73. The molecule has 0 aromatic rings. The molecule has 0 aromatic heterocycles. The number of nitrogens with two attached hydrogens (primary N) is 1. The van der Waals surface area contributed by atoms with Gasteiger partial charge in [0.25, 0.3) is 0 Å². The molecule has 16 heavy (non-hydrogen) atoms. The van der Waals surface area contributed by atoms with Crippen LogP contribution in [-0.2, 0) is 14.8 Å². The van der Waals surface area contributed by atoms with Crippen molar-refractivity contribution >= 4 is 10.0 Å². The fourth-order valence-corrected chi connectivity index (χ4v) is 4.14. The molecule has 4 atom stereocenters. The average Bonchev–Trinajstić information content (AvgIpc) is 2.79. The summed E-state index contributed by atoms with van der Waals surface area (Å²) in [5.74, 6) is 0. The highest BCUT2D eigenvalue weighted by Crippen LogP contribution is 2.34. The van der Waals surface area contributed by atoms with Crippen LogP contribution >= 0.6 is 0 Å². The molecule has 2 fully saturated rings. The highest BCUT2D eigenvalue weighted by atomic mass is 32.2. The first kappa shape index (κ1) is 12.3. The Morgan fingerprint density at radius 1 is 1.50 bits per heavy atom. The SMILES string of the molecule is CCC(CN)S(=O)(=O)NC1CC2CCC1O2. The first-order chi connectivity index (χ1) is 7.56. The van der Waals surface area contributed by atoms with Gasteiger partial charge >= 0.3 is 0 Å². The minimum absolute atomic E-state index is 0.0376. The summed E-state index contributed by atoms with van der Waals surface area (Å²) in [4.78, 5) is 0. The molecule has 0 saturated carbocycles. The Hall–Kier alpha value is -0.170. The molecule has 0 radical (unpaired) electrons. The summed E-state index contributed by atoms with van der Waals surface area (Å²) in [5, 5.41) is -0.480. The van der Waals surface area contributed by atoms with Crippen LogP contribution in [0.1, 0.15) is 32.6 Å². The summed E-state index contributed by atoms with van der Waals surface area (Å²) >= 11 is 0. The molecule has 94 valence electrons. The summed E-state index contributed by atoms with van der Waals surface area (Å²) in [5.41, 5.74) is 5.47. The molecular formula is C10H20N2O3S. The zero-order valence-electron chi connectivity index (χ0n) is 9.56. The molecule has 2 heterocycles. The van der Waals surface area contributed by atoms with Gasteiger partial charge < -0.3 is 10.5 Å². The smallest absolute Gasteiger partial charge is 0.216 e. The van der Waals surface area contributed by atoms with Crippen molar-refractivity contribution < 1.29 is 13.2 Å². The maximum atomic E-state index is 12.0. The third-order valence-electron chi connectivity index (χ3n) is 3.58. The molecule has 2 bridgehead atoms. The summed E-state index contributed by atoms with van der Waals surface area (Å²) < 4.78 is 32.3. The van der Waals surface area contributed by atoms with Crippen LogP contribution in [0.15, 0.2) is 0 Å². The minimum atomic E-state index is -3.28. The van der Waals surface area contributed by atoms with Crippen molar-refractivity contribution in [3.8, 4) is 0 Å². The van der Waals surface area contributed by atoms with Gasteiger partial charge in [0.15, 0.2) is 0 Å². The fraction of sp³-hybridized carbons (Fsp3) is 1.00. The van der Waals surface area contributed by atoms with Gasteiger partial charge in [-0.15, -0.1) is 0 Å². The maximum absolute atomic E-state index is 12.0. The lowest BCUT2D eigenvalue weighted by Gasteiger charge is -2.23. The number of fused-ring (bicyclic) bond motifs is 2.